The number of nitrogens with zero attached hydrogens (tertiary/aromatic N) is 5. The average Bonchev–Trinajstić information content (AvgIpc) is 3.09. The van der Waals surface area contributed by atoms with Crippen LogP contribution in [0.1, 0.15) is 18.3 Å². The average molecular weight is 450 g/mol. The van der Waals surface area contributed by atoms with Crippen LogP contribution in [0.4, 0.5) is 10.2 Å². The quantitative estimate of drug-likeness (QED) is 0.526. The van der Waals surface area contributed by atoms with Crippen molar-refractivity contribution in [3.05, 3.63) is 35.4 Å². The Bertz CT molecular complexity index is 1220. The second-order valence-electron chi connectivity index (χ2n) is 7.27. The number of aromatic nitrogens is 4. The molecule has 31 heavy (non-hydrogen) atoms. The van der Waals surface area contributed by atoms with Gasteiger partial charge in [-0.25, -0.2) is 17.8 Å². The fraction of sp³-hybridized carbons (Fsp3) is 0.450. The second kappa shape index (κ2) is 8.39. The molecule has 1 saturated heterocycles. The molecule has 0 aliphatic carbocycles. The SMILES string of the molecule is CCc1nc2c(N3CCOCC3)nc(S(=O)(=O)Cc3ccc(OC)c(F)c3)nc2n1C. The Labute approximate surface area is 179 Å². The molecule has 0 N–H and O–H groups in total. The third kappa shape index (κ3) is 4.07. The molecule has 11 heteroatoms. The highest BCUT2D eigenvalue weighted by molar-refractivity contribution is 7.90. The number of sulfone groups is 1. The second-order valence-corrected chi connectivity index (χ2v) is 9.15. The summed E-state index contributed by atoms with van der Waals surface area (Å²) in [4.78, 5) is 15.4. The van der Waals surface area contributed by atoms with Crippen LogP contribution >= 0.6 is 0 Å². The highest BCUT2D eigenvalue weighted by Gasteiger charge is 2.27. The Kier molecular flexibility index (Phi) is 5.80. The summed E-state index contributed by atoms with van der Waals surface area (Å²) in [6.07, 6.45) is 0.669. The summed E-state index contributed by atoms with van der Waals surface area (Å²) in [5, 5.41) is -0.302. The van der Waals surface area contributed by atoms with Crippen molar-refractivity contribution in [1.29, 1.82) is 0 Å². The first-order valence-electron chi connectivity index (χ1n) is 9.95. The molecule has 0 radical (unpaired) electrons. The van der Waals surface area contributed by atoms with Crippen LogP contribution in [0.25, 0.3) is 11.2 Å². The first-order valence-corrected chi connectivity index (χ1v) is 11.6. The van der Waals surface area contributed by atoms with Crippen molar-refractivity contribution in [1.82, 2.24) is 19.5 Å². The van der Waals surface area contributed by atoms with Crippen LogP contribution in [0.3, 0.4) is 0 Å². The Morgan fingerprint density at radius 3 is 2.58 bits per heavy atom. The van der Waals surface area contributed by atoms with Gasteiger partial charge in [0.2, 0.25) is 9.84 Å². The van der Waals surface area contributed by atoms with E-state index in [2.05, 4.69) is 15.0 Å². The van der Waals surface area contributed by atoms with Crippen LogP contribution in [0.2, 0.25) is 0 Å². The van der Waals surface area contributed by atoms with Crippen molar-refractivity contribution in [2.24, 2.45) is 7.05 Å². The minimum absolute atomic E-state index is 0.0513. The Morgan fingerprint density at radius 1 is 1.19 bits per heavy atom. The van der Waals surface area contributed by atoms with E-state index in [1.54, 1.807) is 11.6 Å². The summed E-state index contributed by atoms with van der Waals surface area (Å²) in [6.45, 7) is 4.16. The van der Waals surface area contributed by atoms with Crippen molar-refractivity contribution >= 4 is 26.8 Å². The van der Waals surface area contributed by atoms with Crippen LogP contribution < -0.4 is 9.64 Å². The molecule has 0 unspecified atom stereocenters. The summed E-state index contributed by atoms with van der Waals surface area (Å²) in [5.41, 5.74) is 1.30. The molecule has 3 aromatic rings. The molecule has 1 aliphatic rings. The topological polar surface area (TPSA) is 99.4 Å². The summed E-state index contributed by atoms with van der Waals surface area (Å²) >= 11 is 0. The van der Waals surface area contributed by atoms with Gasteiger partial charge in [-0.2, -0.15) is 9.97 Å². The first kappa shape index (κ1) is 21.4. The highest BCUT2D eigenvalue weighted by Crippen LogP contribution is 2.28. The van der Waals surface area contributed by atoms with Crippen LogP contribution in [-0.2, 0) is 33.8 Å². The maximum Gasteiger partial charge on any atom is 0.251 e. The monoisotopic (exact) mass is 449 g/mol. The number of aryl methyl sites for hydroxylation is 2. The predicted molar refractivity (Wildman–Crippen MR) is 113 cm³/mol. The third-order valence-electron chi connectivity index (χ3n) is 5.25. The molecule has 166 valence electrons. The number of imidazole rings is 1. The van der Waals surface area contributed by atoms with E-state index in [0.717, 1.165) is 11.9 Å². The molecule has 1 aliphatic heterocycles. The zero-order valence-electron chi connectivity index (χ0n) is 17.6. The van der Waals surface area contributed by atoms with Crippen LogP contribution in [0.5, 0.6) is 5.75 Å². The molecule has 4 rings (SSSR count). The van der Waals surface area contributed by atoms with Gasteiger partial charge in [-0.15, -0.1) is 0 Å². The van der Waals surface area contributed by atoms with E-state index in [1.807, 2.05) is 11.8 Å². The maximum absolute atomic E-state index is 14.1. The van der Waals surface area contributed by atoms with E-state index in [1.165, 1.54) is 19.2 Å². The van der Waals surface area contributed by atoms with Crippen molar-refractivity contribution < 1.29 is 22.3 Å². The molecule has 0 spiro atoms. The Balaban J connectivity index is 1.80. The van der Waals surface area contributed by atoms with Gasteiger partial charge < -0.3 is 18.9 Å². The molecular formula is C20H24FN5O4S. The minimum Gasteiger partial charge on any atom is -0.494 e. The van der Waals surface area contributed by atoms with Gasteiger partial charge in [0.1, 0.15) is 5.82 Å². The van der Waals surface area contributed by atoms with Gasteiger partial charge in [0.15, 0.2) is 28.5 Å². The molecule has 0 atom stereocenters. The molecule has 2 aromatic heterocycles. The molecule has 0 saturated carbocycles. The molecule has 0 amide bonds. The number of benzene rings is 1. The van der Waals surface area contributed by atoms with E-state index in [9.17, 15) is 12.8 Å². The molecule has 3 heterocycles. The van der Waals surface area contributed by atoms with Crippen molar-refractivity contribution in [2.45, 2.75) is 24.3 Å². The van der Waals surface area contributed by atoms with E-state index >= 15 is 0 Å². The number of rotatable bonds is 6. The third-order valence-corrected chi connectivity index (χ3v) is 6.70. The van der Waals surface area contributed by atoms with Gasteiger partial charge >= 0.3 is 0 Å². The van der Waals surface area contributed by atoms with Gasteiger partial charge in [-0.05, 0) is 17.7 Å². The number of ether oxygens (including phenoxy) is 2. The molecule has 1 fully saturated rings. The molecular weight excluding hydrogens is 425 g/mol. The number of fused-ring (bicyclic) bond motifs is 1. The van der Waals surface area contributed by atoms with Crippen LogP contribution in [0, 0.1) is 5.82 Å². The van der Waals surface area contributed by atoms with Crippen molar-refractivity contribution in [3.63, 3.8) is 0 Å². The lowest BCUT2D eigenvalue weighted by Gasteiger charge is -2.28. The number of morpholine rings is 1. The molecule has 0 bridgehead atoms. The summed E-state index contributed by atoms with van der Waals surface area (Å²) < 4.78 is 52.5. The fourth-order valence-corrected chi connectivity index (χ4v) is 4.81. The number of hydrogen-bond acceptors (Lipinski definition) is 8. The van der Waals surface area contributed by atoms with E-state index in [-0.39, 0.29) is 16.5 Å². The minimum atomic E-state index is -3.95. The van der Waals surface area contributed by atoms with Gasteiger partial charge in [0, 0.05) is 26.6 Å². The van der Waals surface area contributed by atoms with E-state index in [0.29, 0.717) is 49.7 Å². The fourth-order valence-electron chi connectivity index (χ4n) is 3.61. The Morgan fingerprint density at radius 2 is 1.94 bits per heavy atom. The molecule has 9 nitrogen and oxygen atoms in total. The Hall–Kier alpha value is -2.79. The number of halogens is 1. The summed E-state index contributed by atoms with van der Waals surface area (Å²) in [5.74, 6) is 0.254. The van der Waals surface area contributed by atoms with E-state index in [4.69, 9.17) is 9.47 Å². The van der Waals surface area contributed by atoms with Gasteiger partial charge in [0.05, 0.1) is 26.1 Å². The normalized spacial score (nSPS) is 14.9. The lowest BCUT2D eigenvalue weighted by molar-refractivity contribution is 0.122. The standard InChI is InChI=1S/C20H24FN5O4S/c1-4-16-22-17-18(25(16)2)23-20(24-19(17)26-7-9-30-10-8-26)31(27,28)12-13-5-6-15(29-3)14(21)11-13/h5-6,11H,4,7-10,12H2,1-3H3. The van der Waals surface area contributed by atoms with Gasteiger partial charge in [-0.3, -0.25) is 0 Å². The largest absolute Gasteiger partial charge is 0.494 e. The predicted octanol–water partition coefficient (Wildman–Crippen LogP) is 1.88. The zero-order chi connectivity index (χ0) is 22.2. The van der Waals surface area contributed by atoms with Crippen LogP contribution in [0.15, 0.2) is 23.4 Å². The maximum atomic E-state index is 14.1. The highest BCUT2D eigenvalue weighted by atomic mass is 32.2. The molecule has 1 aromatic carbocycles. The van der Waals surface area contributed by atoms with Gasteiger partial charge in [-0.1, -0.05) is 13.0 Å². The lowest BCUT2D eigenvalue weighted by atomic mass is 10.2. The smallest absolute Gasteiger partial charge is 0.251 e. The number of methoxy groups -OCH3 is 1. The summed E-state index contributed by atoms with van der Waals surface area (Å²) in [7, 11) is -0.789. The number of hydrogen-bond donors (Lipinski definition) is 0. The van der Waals surface area contributed by atoms with E-state index < -0.39 is 21.4 Å². The zero-order valence-corrected chi connectivity index (χ0v) is 18.4. The summed E-state index contributed by atoms with van der Waals surface area (Å²) in [6, 6.07) is 4.06. The van der Waals surface area contributed by atoms with Gasteiger partial charge in [0.25, 0.3) is 5.16 Å². The number of anilines is 1. The van der Waals surface area contributed by atoms with Crippen LogP contribution in [-0.4, -0.2) is 61.3 Å². The van der Waals surface area contributed by atoms with Crippen molar-refractivity contribution in [2.75, 3.05) is 38.3 Å². The first-order chi connectivity index (χ1) is 14.8. The lowest BCUT2D eigenvalue weighted by Crippen LogP contribution is -2.37. The van der Waals surface area contributed by atoms with Crippen molar-refractivity contribution in [3.8, 4) is 5.75 Å².